The molecule has 0 atom stereocenters. The normalized spacial score (nSPS) is 10.7. The fourth-order valence-electron chi connectivity index (χ4n) is 3.61. The fourth-order valence-corrected chi connectivity index (χ4v) is 3.61. The Morgan fingerprint density at radius 2 is 1.65 bits per heavy atom. The number of aromatic nitrogens is 2. The van der Waals surface area contributed by atoms with E-state index in [0.29, 0.717) is 24.5 Å². The van der Waals surface area contributed by atoms with E-state index in [1.807, 2.05) is 66.2 Å². The number of hydrogen-bond acceptors (Lipinski definition) is 3. The molecular weight excluding hydrogens is 388 g/mol. The number of benzene rings is 3. The smallest absolute Gasteiger partial charge is 0.307 e. The highest BCUT2D eigenvalue weighted by Crippen LogP contribution is 2.34. The van der Waals surface area contributed by atoms with Crippen molar-refractivity contribution in [1.82, 2.24) is 9.78 Å². The van der Waals surface area contributed by atoms with Gasteiger partial charge in [0.2, 0.25) is 0 Å². The van der Waals surface area contributed by atoms with Crippen LogP contribution < -0.4 is 4.74 Å². The molecule has 0 aliphatic heterocycles. The monoisotopic (exact) mass is 412 g/mol. The highest BCUT2D eigenvalue weighted by Gasteiger charge is 2.16. The van der Waals surface area contributed by atoms with Crippen molar-refractivity contribution in [3.63, 3.8) is 0 Å². The van der Waals surface area contributed by atoms with Crippen LogP contribution in [0.2, 0.25) is 0 Å². The summed E-state index contributed by atoms with van der Waals surface area (Å²) >= 11 is 0. The molecule has 156 valence electrons. The third-order valence-electron chi connectivity index (χ3n) is 5.00. The van der Waals surface area contributed by atoms with Crippen LogP contribution >= 0.6 is 0 Å². The number of carboxylic acid groups (broad SMARTS) is 1. The summed E-state index contributed by atoms with van der Waals surface area (Å²) in [6, 6.07) is 27.9. The molecule has 31 heavy (non-hydrogen) atoms. The maximum Gasteiger partial charge on any atom is 0.307 e. The number of aliphatic carboxylic acids is 1. The number of ether oxygens (including phenoxy) is 1. The number of carboxylic acids is 1. The summed E-state index contributed by atoms with van der Waals surface area (Å²) in [5, 5.41) is 14.1. The van der Waals surface area contributed by atoms with Crippen molar-refractivity contribution in [2.24, 2.45) is 0 Å². The van der Waals surface area contributed by atoms with Crippen LogP contribution in [0.25, 0.3) is 22.5 Å². The van der Waals surface area contributed by atoms with E-state index in [9.17, 15) is 9.90 Å². The molecule has 5 heteroatoms. The number of hydrogen-bond donors (Lipinski definition) is 1. The Kier molecular flexibility index (Phi) is 6.13. The van der Waals surface area contributed by atoms with E-state index in [-0.39, 0.29) is 6.42 Å². The lowest BCUT2D eigenvalue weighted by atomic mass is 10.0. The molecule has 1 N–H and O–H groups in total. The van der Waals surface area contributed by atoms with Crippen LogP contribution in [0, 0.1) is 0 Å². The SMILES string of the molecule is CCOc1ccc(CC(=O)O)cc1-c1cc(-c2ccccc2)n(Cc2ccccc2)n1. The summed E-state index contributed by atoms with van der Waals surface area (Å²) in [4.78, 5) is 11.2. The molecule has 0 radical (unpaired) electrons. The second kappa shape index (κ2) is 9.30. The van der Waals surface area contributed by atoms with Gasteiger partial charge in [0.25, 0.3) is 0 Å². The average molecular weight is 412 g/mol. The Labute approximate surface area is 181 Å². The summed E-state index contributed by atoms with van der Waals surface area (Å²) < 4.78 is 7.81. The summed E-state index contributed by atoms with van der Waals surface area (Å²) in [6.45, 7) is 3.07. The van der Waals surface area contributed by atoms with Gasteiger partial charge in [0, 0.05) is 5.56 Å². The summed E-state index contributed by atoms with van der Waals surface area (Å²) in [7, 11) is 0. The fraction of sp³-hybridized carbons (Fsp3) is 0.154. The van der Waals surface area contributed by atoms with Crippen molar-refractivity contribution in [1.29, 1.82) is 0 Å². The third kappa shape index (κ3) is 4.83. The Morgan fingerprint density at radius 3 is 2.32 bits per heavy atom. The molecule has 1 heterocycles. The lowest BCUT2D eigenvalue weighted by molar-refractivity contribution is -0.136. The second-order valence-electron chi connectivity index (χ2n) is 7.26. The first kappa shape index (κ1) is 20.4. The van der Waals surface area contributed by atoms with E-state index in [1.165, 1.54) is 0 Å². The largest absolute Gasteiger partial charge is 0.493 e. The van der Waals surface area contributed by atoms with Gasteiger partial charge < -0.3 is 9.84 Å². The van der Waals surface area contributed by atoms with Gasteiger partial charge in [0.1, 0.15) is 5.75 Å². The van der Waals surface area contributed by atoms with E-state index in [4.69, 9.17) is 9.84 Å². The first-order chi connectivity index (χ1) is 15.1. The van der Waals surface area contributed by atoms with E-state index in [2.05, 4.69) is 24.3 Å². The highest BCUT2D eigenvalue weighted by atomic mass is 16.5. The molecule has 0 saturated carbocycles. The van der Waals surface area contributed by atoms with Gasteiger partial charge in [-0.05, 0) is 41.8 Å². The molecule has 4 rings (SSSR count). The van der Waals surface area contributed by atoms with Crippen molar-refractivity contribution in [2.45, 2.75) is 19.9 Å². The molecular formula is C26H24N2O3. The molecule has 3 aromatic carbocycles. The van der Waals surface area contributed by atoms with Crippen LogP contribution in [0.15, 0.2) is 84.9 Å². The van der Waals surface area contributed by atoms with Gasteiger partial charge in [-0.3, -0.25) is 9.48 Å². The van der Waals surface area contributed by atoms with Crippen molar-refractivity contribution < 1.29 is 14.6 Å². The maximum absolute atomic E-state index is 11.2. The lowest BCUT2D eigenvalue weighted by Crippen LogP contribution is -2.04. The van der Waals surface area contributed by atoms with Crippen molar-refractivity contribution in [3.8, 4) is 28.3 Å². The van der Waals surface area contributed by atoms with Crippen LogP contribution in [-0.4, -0.2) is 27.5 Å². The van der Waals surface area contributed by atoms with E-state index in [0.717, 1.165) is 28.1 Å². The molecule has 0 spiro atoms. The van der Waals surface area contributed by atoms with Crippen molar-refractivity contribution in [3.05, 3.63) is 96.1 Å². The zero-order valence-corrected chi connectivity index (χ0v) is 17.4. The summed E-state index contributed by atoms with van der Waals surface area (Å²) in [5.74, 6) is -0.171. The minimum absolute atomic E-state index is 0.0460. The minimum Gasteiger partial charge on any atom is -0.493 e. The van der Waals surface area contributed by atoms with Crippen LogP contribution in [0.5, 0.6) is 5.75 Å². The van der Waals surface area contributed by atoms with Crippen LogP contribution in [0.3, 0.4) is 0 Å². The Bertz CT molecular complexity index is 1170. The third-order valence-corrected chi connectivity index (χ3v) is 5.00. The molecule has 4 aromatic rings. The van der Waals surface area contributed by atoms with E-state index in [1.54, 1.807) is 6.07 Å². The van der Waals surface area contributed by atoms with Gasteiger partial charge in [-0.1, -0.05) is 66.7 Å². The van der Waals surface area contributed by atoms with Crippen LogP contribution in [0.1, 0.15) is 18.1 Å². The Hall–Kier alpha value is -3.86. The Balaban J connectivity index is 1.82. The van der Waals surface area contributed by atoms with E-state index >= 15 is 0 Å². The lowest BCUT2D eigenvalue weighted by Gasteiger charge is -2.10. The second-order valence-corrected chi connectivity index (χ2v) is 7.26. The van der Waals surface area contributed by atoms with Gasteiger partial charge in [0.15, 0.2) is 0 Å². The predicted molar refractivity (Wildman–Crippen MR) is 121 cm³/mol. The molecule has 0 unspecified atom stereocenters. The van der Waals surface area contributed by atoms with Crippen LogP contribution in [-0.2, 0) is 17.8 Å². The molecule has 5 nitrogen and oxygen atoms in total. The van der Waals surface area contributed by atoms with Gasteiger partial charge in [-0.2, -0.15) is 5.10 Å². The zero-order valence-electron chi connectivity index (χ0n) is 17.4. The Morgan fingerprint density at radius 1 is 0.935 bits per heavy atom. The molecule has 0 fully saturated rings. The standard InChI is InChI=1S/C26H24N2O3/c1-2-31-25-14-13-20(16-26(29)30)15-22(25)23-17-24(21-11-7-4-8-12-21)28(27-23)18-19-9-5-3-6-10-19/h3-15,17H,2,16,18H2,1H3,(H,29,30). The van der Waals surface area contributed by atoms with Gasteiger partial charge in [-0.15, -0.1) is 0 Å². The summed E-state index contributed by atoms with van der Waals surface area (Å²) in [5.41, 5.74) is 5.47. The molecule has 1 aromatic heterocycles. The molecule has 0 aliphatic carbocycles. The van der Waals surface area contributed by atoms with E-state index < -0.39 is 5.97 Å². The quantitative estimate of drug-likeness (QED) is 0.427. The predicted octanol–water partition coefficient (Wildman–Crippen LogP) is 5.29. The first-order valence-electron chi connectivity index (χ1n) is 10.3. The van der Waals surface area contributed by atoms with Gasteiger partial charge in [-0.25, -0.2) is 0 Å². The van der Waals surface area contributed by atoms with Crippen LogP contribution in [0.4, 0.5) is 0 Å². The van der Waals surface area contributed by atoms with Crippen molar-refractivity contribution in [2.75, 3.05) is 6.61 Å². The summed E-state index contributed by atoms with van der Waals surface area (Å²) in [6.07, 6.45) is -0.0460. The zero-order chi connectivity index (χ0) is 21.6. The first-order valence-corrected chi connectivity index (χ1v) is 10.3. The van der Waals surface area contributed by atoms with Crippen molar-refractivity contribution >= 4 is 5.97 Å². The molecule has 0 bridgehead atoms. The maximum atomic E-state index is 11.2. The highest BCUT2D eigenvalue weighted by molar-refractivity contribution is 5.76. The number of nitrogens with zero attached hydrogens (tertiary/aromatic N) is 2. The minimum atomic E-state index is -0.866. The van der Waals surface area contributed by atoms with Gasteiger partial charge >= 0.3 is 5.97 Å². The molecule has 0 saturated heterocycles. The topological polar surface area (TPSA) is 64.3 Å². The average Bonchev–Trinajstić information content (AvgIpc) is 3.19. The number of rotatable bonds is 8. The molecule has 0 aliphatic rings. The van der Waals surface area contributed by atoms with Gasteiger partial charge in [0.05, 0.1) is 31.0 Å². The molecule has 0 amide bonds. The number of carbonyl (C=O) groups is 1.